The number of hydrogen-bond acceptors (Lipinski definition) is 4. The van der Waals surface area contributed by atoms with Crippen LogP contribution in [0.25, 0.3) is 0 Å². The number of nitrogens with zero attached hydrogens (tertiary/aromatic N) is 1. The van der Waals surface area contributed by atoms with E-state index in [-0.39, 0.29) is 17.7 Å². The van der Waals surface area contributed by atoms with Gasteiger partial charge in [-0.3, -0.25) is 4.79 Å². The molecule has 1 amide bonds. The third-order valence-electron chi connectivity index (χ3n) is 2.82. The second kappa shape index (κ2) is 3.80. The van der Waals surface area contributed by atoms with Crippen LogP contribution in [0.3, 0.4) is 0 Å². The molecule has 0 aliphatic carbocycles. The first-order valence-electron chi connectivity index (χ1n) is 5.32. The van der Waals surface area contributed by atoms with E-state index in [1.54, 1.807) is 6.92 Å². The van der Waals surface area contributed by atoms with E-state index >= 15 is 0 Å². The first-order valence-corrected chi connectivity index (χ1v) is 6.93. The summed E-state index contributed by atoms with van der Waals surface area (Å²) in [5, 5.41) is 2.77. The molecule has 3 heterocycles. The molecule has 4 nitrogen and oxygen atoms in total. The Balaban J connectivity index is 2.17. The minimum absolute atomic E-state index is 0.0653. The average molecular weight is 339 g/mol. The van der Waals surface area contributed by atoms with Crippen molar-refractivity contribution in [3.8, 4) is 5.75 Å². The first-order chi connectivity index (χ1) is 8.37. The minimum Gasteiger partial charge on any atom is -0.427 e. The predicted molar refractivity (Wildman–Crippen MR) is 66.7 cm³/mol. The standard InChI is InChI=1S/C10H9BrF2N2O2S/c1-4-2-15-3-10(12,13)17-6-5(15)7(9(16)14-4)18-8(6)11/h4H,2-3H2,1H3,(H,14,16)/t4-/m1/s1. The van der Waals surface area contributed by atoms with Crippen LogP contribution in [0.1, 0.15) is 16.6 Å². The molecule has 2 aliphatic rings. The van der Waals surface area contributed by atoms with Crippen LogP contribution in [0, 0.1) is 0 Å². The van der Waals surface area contributed by atoms with Crippen molar-refractivity contribution in [1.29, 1.82) is 0 Å². The second-order valence-electron chi connectivity index (χ2n) is 4.38. The minimum atomic E-state index is -3.24. The van der Waals surface area contributed by atoms with Gasteiger partial charge in [0.25, 0.3) is 5.91 Å². The summed E-state index contributed by atoms with van der Waals surface area (Å²) >= 11 is 4.29. The maximum atomic E-state index is 13.5. The van der Waals surface area contributed by atoms with Gasteiger partial charge in [-0.05, 0) is 22.9 Å². The number of carbonyl (C=O) groups is 1. The Morgan fingerprint density at radius 2 is 2.33 bits per heavy atom. The monoisotopic (exact) mass is 338 g/mol. The lowest BCUT2D eigenvalue weighted by Crippen LogP contribution is -2.48. The highest BCUT2D eigenvalue weighted by Gasteiger charge is 2.45. The summed E-state index contributed by atoms with van der Waals surface area (Å²) in [4.78, 5) is 13.9. The SMILES string of the molecule is C[C@@H]1CN2CC(F)(F)Oc3c(Br)sc(c32)C(=O)N1. The van der Waals surface area contributed by atoms with Gasteiger partial charge in [-0.1, -0.05) is 0 Å². The van der Waals surface area contributed by atoms with Crippen LogP contribution in [0.5, 0.6) is 5.75 Å². The molecule has 1 atom stereocenters. The van der Waals surface area contributed by atoms with Gasteiger partial charge in [0, 0.05) is 12.6 Å². The molecule has 1 aromatic heterocycles. The zero-order chi connectivity index (χ0) is 13.1. The number of nitrogens with one attached hydrogen (secondary N) is 1. The Morgan fingerprint density at radius 3 is 3.06 bits per heavy atom. The highest BCUT2D eigenvalue weighted by Crippen LogP contribution is 2.51. The van der Waals surface area contributed by atoms with Crippen molar-refractivity contribution in [3.63, 3.8) is 0 Å². The summed E-state index contributed by atoms with van der Waals surface area (Å²) in [6.45, 7) is 1.60. The number of thiophene rings is 1. The topological polar surface area (TPSA) is 41.6 Å². The molecule has 0 spiro atoms. The van der Waals surface area contributed by atoms with Crippen LogP contribution in [-0.4, -0.2) is 31.1 Å². The molecule has 0 fully saturated rings. The van der Waals surface area contributed by atoms with Gasteiger partial charge in [0.15, 0.2) is 5.75 Å². The largest absolute Gasteiger partial charge is 0.427 e. The molecule has 98 valence electrons. The maximum Gasteiger partial charge on any atom is 0.416 e. The predicted octanol–water partition coefficient (Wildman–Crippen LogP) is 2.43. The number of rotatable bonds is 0. The number of hydrogen-bond donors (Lipinski definition) is 1. The number of carbonyl (C=O) groups excluding carboxylic acids is 1. The fourth-order valence-electron chi connectivity index (χ4n) is 2.21. The first kappa shape index (κ1) is 12.2. The van der Waals surface area contributed by atoms with Crippen LogP contribution in [-0.2, 0) is 0 Å². The smallest absolute Gasteiger partial charge is 0.416 e. The molecular formula is C10H9BrF2N2O2S. The summed E-state index contributed by atoms with van der Waals surface area (Å²) in [7, 11) is 0. The number of anilines is 1. The molecule has 0 radical (unpaired) electrons. The Morgan fingerprint density at radius 1 is 1.61 bits per heavy atom. The maximum absolute atomic E-state index is 13.5. The zero-order valence-corrected chi connectivity index (χ0v) is 11.7. The molecule has 2 aliphatic heterocycles. The van der Waals surface area contributed by atoms with E-state index in [1.807, 2.05) is 0 Å². The Kier molecular flexibility index (Phi) is 2.57. The van der Waals surface area contributed by atoms with Gasteiger partial charge < -0.3 is 15.0 Å². The fourth-order valence-corrected chi connectivity index (χ4v) is 3.85. The molecule has 1 N–H and O–H groups in total. The molecule has 1 aromatic rings. The lowest BCUT2D eigenvalue weighted by molar-refractivity contribution is -0.172. The van der Waals surface area contributed by atoms with Gasteiger partial charge in [-0.25, -0.2) is 0 Å². The van der Waals surface area contributed by atoms with Crippen LogP contribution >= 0.6 is 27.3 Å². The van der Waals surface area contributed by atoms with E-state index in [4.69, 9.17) is 0 Å². The summed E-state index contributed by atoms with van der Waals surface area (Å²) in [6.07, 6.45) is -3.24. The molecule has 0 bridgehead atoms. The zero-order valence-electron chi connectivity index (χ0n) is 9.30. The van der Waals surface area contributed by atoms with Crippen LogP contribution in [0.2, 0.25) is 0 Å². The Bertz CT molecular complexity index is 534. The molecule has 0 aromatic carbocycles. The molecule has 0 unspecified atom stereocenters. The van der Waals surface area contributed by atoms with E-state index < -0.39 is 12.7 Å². The van der Waals surface area contributed by atoms with Gasteiger partial charge in [-0.2, -0.15) is 8.78 Å². The van der Waals surface area contributed by atoms with Crippen molar-refractivity contribution in [2.24, 2.45) is 0 Å². The molecule has 18 heavy (non-hydrogen) atoms. The third-order valence-corrected chi connectivity index (χ3v) is 4.61. The third kappa shape index (κ3) is 1.78. The average Bonchev–Trinajstić information content (AvgIpc) is 2.48. The van der Waals surface area contributed by atoms with Crippen LogP contribution in [0.15, 0.2) is 3.79 Å². The van der Waals surface area contributed by atoms with Crippen molar-refractivity contribution < 1.29 is 18.3 Å². The van der Waals surface area contributed by atoms with Gasteiger partial charge in [0.1, 0.15) is 20.9 Å². The molecule has 0 saturated heterocycles. The highest BCUT2D eigenvalue weighted by molar-refractivity contribution is 9.11. The summed E-state index contributed by atoms with van der Waals surface area (Å²) in [6, 6.07) is -0.183. The number of alkyl halides is 2. The van der Waals surface area contributed by atoms with E-state index in [0.29, 0.717) is 20.9 Å². The number of halogens is 3. The summed E-state index contributed by atoms with van der Waals surface area (Å²) in [5.41, 5.74) is 0.472. The summed E-state index contributed by atoms with van der Waals surface area (Å²) in [5.74, 6) is -0.179. The van der Waals surface area contributed by atoms with E-state index in [2.05, 4.69) is 26.0 Å². The van der Waals surface area contributed by atoms with Crippen LogP contribution in [0.4, 0.5) is 14.5 Å². The van der Waals surface area contributed by atoms with Crippen molar-refractivity contribution in [2.45, 2.75) is 19.1 Å². The summed E-state index contributed by atoms with van der Waals surface area (Å²) < 4.78 is 32.1. The van der Waals surface area contributed by atoms with Crippen molar-refractivity contribution in [2.75, 3.05) is 18.0 Å². The van der Waals surface area contributed by atoms with E-state index in [9.17, 15) is 13.6 Å². The fraction of sp³-hybridized carbons (Fsp3) is 0.500. The normalized spacial score (nSPS) is 25.0. The van der Waals surface area contributed by atoms with Gasteiger partial charge in [-0.15, -0.1) is 11.3 Å². The van der Waals surface area contributed by atoms with Gasteiger partial charge in [0.05, 0.1) is 0 Å². The molecular weight excluding hydrogens is 330 g/mol. The quantitative estimate of drug-likeness (QED) is 0.789. The van der Waals surface area contributed by atoms with E-state index in [1.165, 1.54) is 4.90 Å². The van der Waals surface area contributed by atoms with Crippen molar-refractivity contribution >= 4 is 38.9 Å². The van der Waals surface area contributed by atoms with Gasteiger partial charge >= 0.3 is 6.11 Å². The Hall–Kier alpha value is -0.890. The van der Waals surface area contributed by atoms with Gasteiger partial charge in [0.2, 0.25) is 0 Å². The van der Waals surface area contributed by atoms with E-state index in [0.717, 1.165) is 11.3 Å². The van der Waals surface area contributed by atoms with Crippen molar-refractivity contribution in [3.05, 3.63) is 8.66 Å². The molecule has 8 heteroatoms. The Labute approximate surface area is 114 Å². The second-order valence-corrected chi connectivity index (χ2v) is 6.72. The lowest BCUT2D eigenvalue weighted by atomic mass is 10.2. The number of ether oxygens (including phenoxy) is 1. The molecule has 0 saturated carbocycles. The van der Waals surface area contributed by atoms with Crippen molar-refractivity contribution in [1.82, 2.24) is 5.32 Å². The van der Waals surface area contributed by atoms with Crippen LogP contribution < -0.4 is 15.0 Å². The lowest BCUT2D eigenvalue weighted by Gasteiger charge is -2.34. The number of amides is 1. The highest BCUT2D eigenvalue weighted by atomic mass is 79.9. The molecule has 3 rings (SSSR count).